The van der Waals surface area contributed by atoms with Crippen molar-refractivity contribution in [1.82, 2.24) is 4.98 Å². The van der Waals surface area contributed by atoms with Gasteiger partial charge in [-0.05, 0) is 17.5 Å². The molecule has 0 saturated carbocycles. The van der Waals surface area contributed by atoms with Gasteiger partial charge in [-0.1, -0.05) is 18.2 Å². The third-order valence-electron chi connectivity index (χ3n) is 1.85. The molecule has 2 nitrogen and oxygen atoms in total. The number of nitrogens with one attached hydrogen (secondary N) is 1. The van der Waals surface area contributed by atoms with Gasteiger partial charge in [-0.3, -0.25) is 0 Å². The Morgan fingerprint density at radius 2 is 2.07 bits per heavy atom. The molecule has 0 fully saturated rings. The summed E-state index contributed by atoms with van der Waals surface area (Å²) in [5.74, 6) is 0. The SMILES string of the molecule is FC(F)O[CH]c1cc2ccccc2[nH]1. The molecule has 14 heavy (non-hydrogen) atoms. The van der Waals surface area contributed by atoms with Crippen LogP contribution in [0.25, 0.3) is 10.9 Å². The third kappa shape index (κ3) is 1.90. The lowest BCUT2D eigenvalue weighted by Crippen LogP contribution is -1.96. The van der Waals surface area contributed by atoms with Crippen LogP contribution in [0.2, 0.25) is 0 Å². The summed E-state index contributed by atoms with van der Waals surface area (Å²) in [4.78, 5) is 2.94. The van der Waals surface area contributed by atoms with Crippen LogP contribution in [-0.2, 0) is 4.74 Å². The number of fused-ring (bicyclic) bond motifs is 1. The van der Waals surface area contributed by atoms with Crippen molar-refractivity contribution in [3.63, 3.8) is 0 Å². The zero-order valence-electron chi connectivity index (χ0n) is 7.21. The Kier molecular flexibility index (Phi) is 2.45. The number of ether oxygens (including phenoxy) is 1. The van der Waals surface area contributed by atoms with Crippen LogP contribution in [0.4, 0.5) is 8.78 Å². The Balaban J connectivity index is 2.19. The average Bonchev–Trinajstić information content (AvgIpc) is 2.57. The number of H-pyrrole nitrogens is 1. The Morgan fingerprint density at radius 3 is 2.79 bits per heavy atom. The summed E-state index contributed by atoms with van der Waals surface area (Å²) in [5, 5.41) is 0.969. The molecular formula is C10H8F2NO. The number of rotatable bonds is 3. The fraction of sp³-hybridized carbons (Fsp3) is 0.100. The molecule has 1 heterocycles. The molecular weight excluding hydrogens is 188 g/mol. The van der Waals surface area contributed by atoms with Crippen molar-refractivity contribution < 1.29 is 13.5 Å². The summed E-state index contributed by atoms with van der Waals surface area (Å²) in [6, 6.07) is 9.27. The predicted molar refractivity (Wildman–Crippen MR) is 48.8 cm³/mol. The molecule has 0 aliphatic carbocycles. The Morgan fingerprint density at radius 1 is 1.29 bits per heavy atom. The second-order valence-corrected chi connectivity index (χ2v) is 2.83. The lowest BCUT2D eigenvalue weighted by molar-refractivity contribution is -0.0976. The smallest absolute Gasteiger partial charge is 0.346 e. The number of hydrogen-bond acceptors (Lipinski definition) is 1. The standard InChI is InChI=1S/C10H8F2NO/c11-10(12)14-6-8-5-7-3-1-2-4-9(7)13-8/h1-6,10,13H. The highest BCUT2D eigenvalue weighted by atomic mass is 19.3. The molecule has 1 aromatic heterocycles. The van der Waals surface area contributed by atoms with E-state index in [0.717, 1.165) is 17.5 Å². The summed E-state index contributed by atoms with van der Waals surface area (Å²) in [5.41, 5.74) is 1.43. The molecule has 0 bridgehead atoms. The fourth-order valence-electron chi connectivity index (χ4n) is 1.28. The van der Waals surface area contributed by atoms with Gasteiger partial charge in [-0.15, -0.1) is 0 Å². The van der Waals surface area contributed by atoms with Crippen molar-refractivity contribution in [2.45, 2.75) is 6.61 Å². The minimum atomic E-state index is -2.78. The summed E-state index contributed by atoms with van der Waals surface area (Å²) >= 11 is 0. The van der Waals surface area contributed by atoms with Crippen LogP contribution < -0.4 is 0 Å². The number of alkyl halides is 2. The van der Waals surface area contributed by atoms with E-state index in [-0.39, 0.29) is 0 Å². The van der Waals surface area contributed by atoms with Gasteiger partial charge in [0.15, 0.2) is 0 Å². The van der Waals surface area contributed by atoms with Crippen LogP contribution >= 0.6 is 0 Å². The lowest BCUT2D eigenvalue weighted by Gasteiger charge is -1.97. The van der Waals surface area contributed by atoms with Crippen molar-refractivity contribution in [2.24, 2.45) is 0 Å². The number of aromatic amines is 1. The van der Waals surface area contributed by atoms with Gasteiger partial charge >= 0.3 is 6.61 Å². The number of aromatic nitrogens is 1. The van der Waals surface area contributed by atoms with Gasteiger partial charge in [-0.25, -0.2) is 0 Å². The molecule has 1 aromatic carbocycles. The largest absolute Gasteiger partial charge is 0.356 e. The van der Waals surface area contributed by atoms with E-state index in [9.17, 15) is 8.78 Å². The highest BCUT2D eigenvalue weighted by Gasteiger charge is 2.05. The quantitative estimate of drug-likeness (QED) is 0.802. The summed E-state index contributed by atoms with van der Waals surface area (Å²) in [6.45, 7) is -1.76. The van der Waals surface area contributed by atoms with E-state index < -0.39 is 6.61 Å². The maximum atomic E-state index is 11.7. The van der Waals surface area contributed by atoms with Gasteiger partial charge in [0.25, 0.3) is 0 Å². The van der Waals surface area contributed by atoms with Crippen LogP contribution in [-0.4, -0.2) is 11.6 Å². The first-order valence-corrected chi connectivity index (χ1v) is 4.10. The summed E-state index contributed by atoms with van der Waals surface area (Å²) in [6.07, 6.45) is 0. The molecule has 0 aliphatic heterocycles. The molecule has 0 atom stereocenters. The molecule has 2 aromatic rings. The molecule has 0 spiro atoms. The first-order valence-electron chi connectivity index (χ1n) is 4.10. The number of hydrogen-bond donors (Lipinski definition) is 1. The zero-order chi connectivity index (χ0) is 9.97. The average molecular weight is 196 g/mol. The van der Waals surface area contributed by atoms with Crippen LogP contribution in [0.5, 0.6) is 0 Å². The second-order valence-electron chi connectivity index (χ2n) is 2.83. The summed E-state index contributed by atoms with van der Waals surface area (Å²) in [7, 11) is 0. The minimum absolute atomic E-state index is 0.534. The first-order chi connectivity index (χ1) is 6.75. The van der Waals surface area contributed by atoms with Crippen molar-refractivity contribution in [3.05, 3.63) is 42.6 Å². The molecule has 0 saturated heterocycles. The first kappa shape index (κ1) is 9.15. The van der Waals surface area contributed by atoms with Gasteiger partial charge < -0.3 is 9.72 Å². The van der Waals surface area contributed by atoms with Crippen molar-refractivity contribution in [2.75, 3.05) is 0 Å². The summed E-state index contributed by atoms with van der Waals surface area (Å²) < 4.78 is 27.5. The molecule has 0 unspecified atom stereocenters. The normalized spacial score (nSPS) is 11.4. The van der Waals surface area contributed by atoms with Crippen molar-refractivity contribution in [1.29, 1.82) is 0 Å². The molecule has 0 aliphatic rings. The molecule has 0 amide bonds. The van der Waals surface area contributed by atoms with Gasteiger partial charge in [0.2, 0.25) is 0 Å². The fourth-order valence-corrected chi connectivity index (χ4v) is 1.28. The van der Waals surface area contributed by atoms with Crippen LogP contribution in [0.3, 0.4) is 0 Å². The van der Waals surface area contributed by atoms with Crippen LogP contribution in [0.1, 0.15) is 5.69 Å². The van der Waals surface area contributed by atoms with Gasteiger partial charge in [0, 0.05) is 11.2 Å². The van der Waals surface area contributed by atoms with E-state index in [1.807, 2.05) is 24.3 Å². The van der Waals surface area contributed by atoms with Gasteiger partial charge in [0.05, 0.1) is 0 Å². The molecule has 73 valence electrons. The van der Waals surface area contributed by atoms with E-state index in [2.05, 4.69) is 9.72 Å². The van der Waals surface area contributed by atoms with E-state index in [4.69, 9.17) is 0 Å². The number of para-hydroxylation sites is 1. The molecule has 4 heteroatoms. The highest BCUT2D eigenvalue weighted by Crippen LogP contribution is 2.16. The van der Waals surface area contributed by atoms with Crippen molar-refractivity contribution in [3.8, 4) is 0 Å². The van der Waals surface area contributed by atoms with Crippen LogP contribution in [0.15, 0.2) is 30.3 Å². The van der Waals surface area contributed by atoms with Crippen LogP contribution in [0, 0.1) is 6.61 Å². The predicted octanol–water partition coefficient (Wildman–Crippen LogP) is 2.92. The second kappa shape index (κ2) is 3.75. The van der Waals surface area contributed by atoms with E-state index >= 15 is 0 Å². The van der Waals surface area contributed by atoms with E-state index in [1.54, 1.807) is 6.07 Å². The van der Waals surface area contributed by atoms with E-state index in [0.29, 0.717) is 5.69 Å². The van der Waals surface area contributed by atoms with Crippen molar-refractivity contribution >= 4 is 10.9 Å². The van der Waals surface area contributed by atoms with Gasteiger partial charge in [0.1, 0.15) is 6.61 Å². The lowest BCUT2D eigenvalue weighted by atomic mass is 10.2. The third-order valence-corrected chi connectivity index (χ3v) is 1.85. The highest BCUT2D eigenvalue weighted by molar-refractivity contribution is 5.80. The zero-order valence-corrected chi connectivity index (χ0v) is 7.21. The van der Waals surface area contributed by atoms with E-state index in [1.165, 1.54) is 0 Å². The Hall–Kier alpha value is -1.42. The number of halogens is 2. The minimum Gasteiger partial charge on any atom is -0.356 e. The maximum Gasteiger partial charge on any atom is 0.346 e. The van der Waals surface area contributed by atoms with Gasteiger partial charge in [-0.2, -0.15) is 8.78 Å². The molecule has 1 radical (unpaired) electrons. The topological polar surface area (TPSA) is 25.0 Å². The molecule has 1 N–H and O–H groups in total. The maximum absolute atomic E-state index is 11.7. The Labute approximate surface area is 79.5 Å². The monoisotopic (exact) mass is 196 g/mol. The number of benzene rings is 1. The molecule has 2 rings (SSSR count). The Bertz CT molecular complexity index is 392.